The summed E-state index contributed by atoms with van der Waals surface area (Å²) in [6.07, 6.45) is 0. The average Bonchev–Trinajstić information content (AvgIpc) is 2.89. The van der Waals surface area contributed by atoms with Crippen LogP contribution in [0.3, 0.4) is 0 Å². The third kappa shape index (κ3) is 5.70. The highest BCUT2D eigenvalue weighted by Crippen LogP contribution is 2.35. The van der Waals surface area contributed by atoms with Gasteiger partial charge in [0.05, 0.1) is 0 Å². The fraction of sp³-hybridized carbons (Fsp3) is 0.375. The predicted molar refractivity (Wildman–Crippen MR) is 164 cm³/mol. The minimum absolute atomic E-state index is 1.04. The molecule has 0 amide bonds. The largest absolute Gasteiger partial charge is 0.377 e. The van der Waals surface area contributed by atoms with Crippen LogP contribution in [0.5, 0.6) is 0 Å². The molecule has 36 heavy (non-hydrogen) atoms. The Morgan fingerprint density at radius 3 is 0.972 bits per heavy atom. The van der Waals surface area contributed by atoms with Gasteiger partial charge in [-0.2, -0.15) is 0 Å². The summed E-state index contributed by atoms with van der Waals surface area (Å²) in [7, 11) is 8.34. The Hall–Kier alpha value is -3.40. The molecule has 0 aliphatic rings. The fourth-order valence-electron chi connectivity index (χ4n) is 5.00. The molecule has 0 spiro atoms. The van der Waals surface area contributed by atoms with Gasteiger partial charge in [-0.1, -0.05) is 48.5 Å². The highest BCUT2D eigenvalue weighted by atomic mass is 15.1. The van der Waals surface area contributed by atoms with Crippen LogP contribution in [-0.2, 0) is 0 Å². The Balaban J connectivity index is 0.000000205. The lowest BCUT2D eigenvalue weighted by Gasteiger charge is -2.28. The van der Waals surface area contributed by atoms with Crippen LogP contribution >= 0.6 is 0 Å². The van der Waals surface area contributed by atoms with Crippen LogP contribution in [-0.4, -0.2) is 54.4 Å². The molecule has 0 aromatic heterocycles. The topological polar surface area (TPSA) is 13.0 Å². The lowest BCUT2D eigenvalue weighted by molar-refractivity contribution is 0.861. The summed E-state index contributed by atoms with van der Waals surface area (Å²) in [4.78, 5) is 9.20. The molecule has 0 radical (unpaired) electrons. The van der Waals surface area contributed by atoms with Crippen molar-refractivity contribution in [3.8, 4) is 0 Å². The van der Waals surface area contributed by atoms with Gasteiger partial charge in [-0.15, -0.1) is 0 Å². The molecule has 4 nitrogen and oxygen atoms in total. The molecule has 0 bridgehead atoms. The van der Waals surface area contributed by atoms with E-state index < -0.39 is 0 Å². The highest BCUT2D eigenvalue weighted by Gasteiger charge is 2.13. The molecule has 4 rings (SSSR count). The van der Waals surface area contributed by atoms with Crippen LogP contribution in [0, 0.1) is 0 Å². The minimum atomic E-state index is 1.04. The Labute approximate surface area is 218 Å². The number of hydrogen-bond acceptors (Lipinski definition) is 4. The Morgan fingerprint density at radius 2 is 0.694 bits per heavy atom. The molecule has 4 heteroatoms. The van der Waals surface area contributed by atoms with Crippen molar-refractivity contribution in [2.45, 2.75) is 27.7 Å². The lowest BCUT2D eigenvalue weighted by atomic mass is 10.0. The zero-order valence-electron chi connectivity index (χ0n) is 23.5. The van der Waals surface area contributed by atoms with E-state index in [4.69, 9.17) is 0 Å². The van der Waals surface area contributed by atoms with Crippen molar-refractivity contribution in [1.29, 1.82) is 0 Å². The van der Waals surface area contributed by atoms with Gasteiger partial charge >= 0.3 is 0 Å². The number of fused-ring (bicyclic) bond motifs is 2. The molecule has 0 saturated carbocycles. The molecule has 0 aliphatic heterocycles. The SMILES string of the molecule is CCN(CC)c1cccc2cccc(N(CC)CC)c12.CN(C)c1cccc2cccc(N(C)C)c12. The minimum Gasteiger partial charge on any atom is -0.377 e. The van der Waals surface area contributed by atoms with E-state index in [1.165, 1.54) is 44.3 Å². The lowest BCUT2D eigenvalue weighted by Crippen LogP contribution is -2.25. The third-order valence-electron chi connectivity index (χ3n) is 6.89. The Morgan fingerprint density at radius 1 is 0.417 bits per heavy atom. The molecule has 0 saturated heterocycles. The summed E-state index contributed by atoms with van der Waals surface area (Å²) in [5.41, 5.74) is 5.24. The second-order valence-electron chi connectivity index (χ2n) is 9.44. The molecule has 0 N–H and O–H groups in total. The number of hydrogen-bond donors (Lipinski definition) is 0. The van der Waals surface area contributed by atoms with E-state index in [9.17, 15) is 0 Å². The number of anilines is 4. The molecular formula is C32H44N4. The molecular weight excluding hydrogens is 440 g/mol. The van der Waals surface area contributed by atoms with Crippen LogP contribution in [0.15, 0.2) is 72.8 Å². The molecule has 0 heterocycles. The second kappa shape index (κ2) is 12.5. The van der Waals surface area contributed by atoms with Crippen LogP contribution < -0.4 is 19.6 Å². The van der Waals surface area contributed by atoms with E-state index in [1.807, 2.05) is 0 Å². The summed E-state index contributed by atoms with van der Waals surface area (Å²) < 4.78 is 0. The standard InChI is InChI=1S/C18H26N2.C14H18N2/c1-5-19(6-2)16-13-9-11-15-12-10-14-17(18(15)16)20(7-3)8-4;1-15(2)12-9-5-7-11-8-6-10-13(14(11)12)16(3)4/h9-14H,5-8H2,1-4H3;5-10H,1-4H3. The van der Waals surface area contributed by atoms with Gasteiger partial charge < -0.3 is 19.6 Å². The molecule has 0 unspecified atom stereocenters. The monoisotopic (exact) mass is 484 g/mol. The average molecular weight is 485 g/mol. The van der Waals surface area contributed by atoms with Gasteiger partial charge in [0, 0.05) is 87.9 Å². The first kappa shape index (κ1) is 27.2. The van der Waals surface area contributed by atoms with Crippen molar-refractivity contribution in [3.05, 3.63) is 72.8 Å². The second-order valence-corrected chi connectivity index (χ2v) is 9.44. The Bertz CT molecular complexity index is 1160. The van der Waals surface area contributed by atoms with Crippen LogP contribution in [0.1, 0.15) is 27.7 Å². The van der Waals surface area contributed by atoms with Gasteiger partial charge in [0.15, 0.2) is 0 Å². The number of nitrogens with zero attached hydrogens (tertiary/aromatic N) is 4. The zero-order chi connectivity index (χ0) is 26.2. The summed E-state index contributed by atoms with van der Waals surface area (Å²) in [5, 5.41) is 5.33. The first-order valence-corrected chi connectivity index (χ1v) is 13.3. The molecule has 0 atom stereocenters. The van der Waals surface area contributed by atoms with Gasteiger partial charge in [-0.05, 0) is 62.7 Å². The Kier molecular flexibility index (Phi) is 9.46. The smallest absolute Gasteiger partial charge is 0.0466 e. The van der Waals surface area contributed by atoms with Gasteiger partial charge in [0.2, 0.25) is 0 Å². The predicted octanol–water partition coefficient (Wildman–Crippen LogP) is 7.50. The van der Waals surface area contributed by atoms with E-state index in [1.54, 1.807) is 0 Å². The third-order valence-corrected chi connectivity index (χ3v) is 6.89. The maximum atomic E-state index is 2.44. The van der Waals surface area contributed by atoms with Crippen molar-refractivity contribution in [1.82, 2.24) is 0 Å². The van der Waals surface area contributed by atoms with E-state index in [-0.39, 0.29) is 0 Å². The number of rotatable bonds is 8. The molecule has 0 fully saturated rings. The van der Waals surface area contributed by atoms with Gasteiger partial charge in [0.25, 0.3) is 0 Å². The van der Waals surface area contributed by atoms with Crippen molar-refractivity contribution >= 4 is 44.3 Å². The molecule has 192 valence electrons. The van der Waals surface area contributed by atoms with Crippen LogP contribution in [0.25, 0.3) is 21.5 Å². The normalized spacial score (nSPS) is 10.7. The van der Waals surface area contributed by atoms with Crippen molar-refractivity contribution < 1.29 is 0 Å². The molecule has 0 aliphatic carbocycles. The van der Waals surface area contributed by atoms with Gasteiger partial charge in [0.1, 0.15) is 0 Å². The first-order chi connectivity index (χ1) is 17.4. The van der Waals surface area contributed by atoms with Crippen LogP contribution in [0.2, 0.25) is 0 Å². The quantitative estimate of drug-likeness (QED) is 0.257. The summed E-state index contributed by atoms with van der Waals surface area (Å²) >= 11 is 0. The van der Waals surface area contributed by atoms with Crippen molar-refractivity contribution in [2.75, 3.05) is 74.0 Å². The van der Waals surface area contributed by atoms with Gasteiger partial charge in [-0.25, -0.2) is 0 Å². The summed E-state index contributed by atoms with van der Waals surface area (Å²) in [6.45, 7) is 13.1. The summed E-state index contributed by atoms with van der Waals surface area (Å²) in [6, 6.07) is 26.1. The van der Waals surface area contributed by atoms with E-state index >= 15 is 0 Å². The molecule has 4 aromatic carbocycles. The number of benzene rings is 4. The molecule has 4 aromatic rings. The maximum absolute atomic E-state index is 2.44. The maximum Gasteiger partial charge on any atom is 0.0466 e. The van der Waals surface area contributed by atoms with E-state index in [0.717, 1.165) is 26.2 Å². The summed E-state index contributed by atoms with van der Waals surface area (Å²) in [5.74, 6) is 0. The van der Waals surface area contributed by atoms with Gasteiger partial charge in [-0.3, -0.25) is 0 Å². The fourth-order valence-corrected chi connectivity index (χ4v) is 5.00. The zero-order valence-corrected chi connectivity index (χ0v) is 23.5. The first-order valence-electron chi connectivity index (χ1n) is 13.3. The van der Waals surface area contributed by atoms with Crippen LogP contribution in [0.4, 0.5) is 22.7 Å². The van der Waals surface area contributed by atoms with E-state index in [2.05, 4.69) is 148 Å². The van der Waals surface area contributed by atoms with Crippen molar-refractivity contribution in [2.24, 2.45) is 0 Å². The van der Waals surface area contributed by atoms with E-state index in [0.29, 0.717) is 0 Å². The highest BCUT2D eigenvalue weighted by molar-refractivity contribution is 6.04. The van der Waals surface area contributed by atoms with Crippen molar-refractivity contribution in [3.63, 3.8) is 0 Å².